The lowest BCUT2D eigenvalue weighted by atomic mass is 10.2. The number of rotatable bonds is 4. The first-order chi connectivity index (χ1) is 8.90. The summed E-state index contributed by atoms with van der Waals surface area (Å²) in [5, 5.41) is 12.1. The summed E-state index contributed by atoms with van der Waals surface area (Å²) in [6, 6.07) is 2.04. The highest BCUT2D eigenvalue weighted by atomic mass is 15.1. The molecule has 0 aliphatic carbocycles. The van der Waals surface area contributed by atoms with E-state index in [1.54, 1.807) is 12.4 Å². The Morgan fingerprint density at radius 2 is 1.89 bits per heavy atom. The molecule has 0 spiro atoms. The van der Waals surface area contributed by atoms with Crippen LogP contribution in [0.15, 0.2) is 12.4 Å². The Morgan fingerprint density at radius 3 is 2.61 bits per heavy atom. The van der Waals surface area contributed by atoms with E-state index in [1.807, 2.05) is 6.07 Å². The highest BCUT2D eigenvalue weighted by molar-refractivity contribution is 5.46. The van der Waals surface area contributed by atoms with Gasteiger partial charge in [0.25, 0.3) is 0 Å². The molecule has 0 bridgehead atoms. The number of nitrogens with one attached hydrogen (secondary N) is 1. The third-order valence-corrected chi connectivity index (χ3v) is 3.22. The summed E-state index contributed by atoms with van der Waals surface area (Å²) in [7, 11) is 0. The molecule has 1 saturated heterocycles. The van der Waals surface area contributed by atoms with Crippen LogP contribution in [-0.4, -0.2) is 41.0 Å². The van der Waals surface area contributed by atoms with Crippen LogP contribution < -0.4 is 5.32 Å². The van der Waals surface area contributed by atoms with Crippen LogP contribution in [0.25, 0.3) is 0 Å². The van der Waals surface area contributed by atoms with Crippen molar-refractivity contribution in [1.82, 2.24) is 14.9 Å². The molecule has 0 atom stereocenters. The SMILES string of the molecule is N#Cc1nccnc1NCCN1CCCCCC1. The molecule has 5 nitrogen and oxygen atoms in total. The molecule has 0 amide bonds. The average Bonchev–Trinajstić information content (AvgIpc) is 2.68. The van der Waals surface area contributed by atoms with Gasteiger partial charge in [-0.25, -0.2) is 9.97 Å². The molecule has 18 heavy (non-hydrogen) atoms. The first kappa shape index (κ1) is 12.8. The van der Waals surface area contributed by atoms with Crippen LogP contribution >= 0.6 is 0 Å². The zero-order valence-electron chi connectivity index (χ0n) is 10.6. The van der Waals surface area contributed by atoms with E-state index in [0.717, 1.165) is 13.1 Å². The highest BCUT2D eigenvalue weighted by Crippen LogP contribution is 2.10. The number of hydrogen-bond donors (Lipinski definition) is 1. The molecule has 0 saturated carbocycles. The largest absolute Gasteiger partial charge is 0.366 e. The molecule has 0 radical (unpaired) electrons. The van der Waals surface area contributed by atoms with Gasteiger partial charge >= 0.3 is 0 Å². The van der Waals surface area contributed by atoms with Gasteiger partial charge in [-0.1, -0.05) is 12.8 Å². The zero-order valence-corrected chi connectivity index (χ0v) is 10.6. The quantitative estimate of drug-likeness (QED) is 0.873. The van der Waals surface area contributed by atoms with E-state index in [4.69, 9.17) is 5.26 Å². The normalized spacial score (nSPS) is 16.8. The van der Waals surface area contributed by atoms with Crippen molar-refractivity contribution < 1.29 is 0 Å². The summed E-state index contributed by atoms with van der Waals surface area (Å²) < 4.78 is 0. The van der Waals surface area contributed by atoms with Crippen molar-refractivity contribution in [2.24, 2.45) is 0 Å². The molecule has 96 valence electrons. The fourth-order valence-corrected chi connectivity index (χ4v) is 2.24. The van der Waals surface area contributed by atoms with E-state index < -0.39 is 0 Å². The van der Waals surface area contributed by atoms with Gasteiger partial charge in [-0.05, 0) is 25.9 Å². The number of anilines is 1. The van der Waals surface area contributed by atoms with Crippen LogP contribution in [0, 0.1) is 11.3 Å². The van der Waals surface area contributed by atoms with Crippen molar-refractivity contribution in [3.05, 3.63) is 18.1 Å². The number of likely N-dealkylation sites (tertiary alicyclic amines) is 1. The molecule has 2 rings (SSSR count). The first-order valence-corrected chi connectivity index (χ1v) is 6.57. The van der Waals surface area contributed by atoms with E-state index >= 15 is 0 Å². The Hall–Kier alpha value is -1.67. The maximum atomic E-state index is 8.90. The molecule has 5 heteroatoms. The first-order valence-electron chi connectivity index (χ1n) is 6.57. The van der Waals surface area contributed by atoms with Crippen molar-refractivity contribution in [3.63, 3.8) is 0 Å². The van der Waals surface area contributed by atoms with Crippen molar-refractivity contribution >= 4 is 5.82 Å². The lowest BCUT2D eigenvalue weighted by Gasteiger charge is -2.19. The molecule has 1 aromatic rings. The smallest absolute Gasteiger partial charge is 0.182 e. The van der Waals surface area contributed by atoms with Crippen LogP contribution in [0.1, 0.15) is 31.4 Å². The topological polar surface area (TPSA) is 64.8 Å². The van der Waals surface area contributed by atoms with Gasteiger partial charge < -0.3 is 10.2 Å². The van der Waals surface area contributed by atoms with Crippen LogP contribution in [0.5, 0.6) is 0 Å². The summed E-state index contributed by atoms with van der Waals surface area (Å²) >= 11 is 0. The minimum Gasteiger partial charge on any atom is -0.366 e. The van der Waals surface area contributed by atoms with Crippen LogP contribution in [0.2, 0.25) is 0 Å². The van der Waals surface area contributed by atoms with Gasteiger partial charge in [-0.2, -0.15) is 5.26 Å². The predicted molar refractivity (Wildman–Crippen MR) is 70.1 cm³/mol. The average molecular weight is 245 g/mol. The molecule has 1 aliphatic heterocycles. The third kappa shape index (κ3) is 3.67. The Morgan fingerprint density at radius 1 is 1.17 bits per heavy atom. The molecule has 1 aliphatic rings. The predicted octanol–water partition coefficient (Wildman–Crippen LogP) is 1.64. The molecular weight excluding hydrogens is 226 g/mol. The van der Waals surface area contributed by atoms with Crippen LogP contribution in [-0.2, 0) is 0 Å². The lowest BCUT2D eigenvalue weighted by Crippen LogP contribution is -2.30. The van der Waals surface area contributed by atoms with Gasteiger partial charge in [0.15, 0.2) is 11.5 Å². The Balaban J connectivity index is 1.79. The van der Waals surface area contributed by atoms with E-state index in [-0.39, 0.29) is 0 Å². The van der Waals surface area contributed by atoms with E-state index in [0.29, 0.717) is 11.5 Å². The molecule has 1 aromatic heterocycles. The second kappa shape index (κ2) is 6.92. The van der Waals surface area contributed by atoms with E-state index in [2.05, 4.69) is 20.2 Å². The number of hydrogen-bond acceptors (Lipinski definition) is 5. The summed E-state index contributed by atoms with van der Waals surface area (Å²) in [6.07, 6.45) is 8.45. The van der Waals surface area contributed by atoms with Crippen molar-refractivity contribution in [1.29, 1.82) is 5.26 Å². The molecular formula is C13H19N5. The van der Waals surface area contributed by atoms with E-state index in [1.165, 1.54) is 38.8 Å². The monoisotopic (exact) mass is 245 g/mol. The summed E-state index contributed by atoms with van der Waals surface area (Å²) in [5.41, 5.74) is 0.369. The van der Waals surface area contributed by atoms with Gasteiger partial charge in [0, 0.05) is 25.5 Å². The fourth-order valence-electron chi connectivity index (χ4n) is 2.24. The summed E-state index contributed by atoms with van der Waals surface area (Å²) in [4.78, 5) is 10.6. The number of aromatic nitrogens is 2. The van der Waals surface area contributed by atoms with Gasteiger partial charge in [-0.3, -0.25) is 0 Å². The van der Waals surface area contributed by atoms with Crippen molar-refractivity contribution in [2.45, 2.75) is 25.7 Å². The molecule has 0 aromatic carbocycles. The van der Waals surface area contributed by atoms with Crippen molar-refractivity contribution in [3.8, 4) is 6.07 Å². The second-order valence-corrected chi connectivity index (χ2v) is 4.55. The Kier molecular flexibility index (Phi) is 4.91. The van der Waals surface area contributed by atoms with Crippen molar-refractivity contribution in [2.75, 3.05) is 31.5 Å². The number of nitrogens with zero attached hydrogens (tertiary/aromatic N) is 4. The lowest BCUT2D eigenvalue weighted by molar-refractivity contribution is 0.296. The maximum absolute atomic E-state index is 8.90. The molecule has 1 N–H and O–H groups in total. The van der Waals surface area contributed by atoms with E-state index in [9.17, 15) is 0 Å². The molecule has 1 fully saturated rings. The van der Waals surface area contributed by atoms with Gasteiger partial charge in [-0.15, -0.1) is 0 Å². The number of nitriles is 1. The summed E-state index contributed by atoms with van der Waals surface area (Å²) in [5.74, 6) is 0.592. The summed E-state index contributed by atoms with van der Waals surface area (Å²) in [6.45, 7) is 4.19. The zero-order chi connectivity index (χ0) is 12.6. The van der Waals surface area contributed by atoms with Gasteiger partial charge in [0.2, 0.25) is 0 Å². The molecule has 2 heterocycles. The third-order valence-electron chi connectivity index (χ3n) is 3.22. The second-order valence-electron chi connectivity index (χ2n) is 4.55. The minimum absolute atomic E-state index is 0.369. The Bertz CT molecular complexity index is 404. The minimum atomic E-state index is 0.369. The fraction of sp³-hybridized carbons (Fsp3) is 0.615. The molecule has 0 unspecified atom stereocenters. The van der Waals surface area contributed by atoms with Gasteiger partial charge in [0.1, 0.15) is 6.07 Å². The standard InChI is InChI=1S/C13H19N5/c14-11-12-13(16-6-5-15-12)17-7-10-18-8-3-1-2-4-9-18/h5-6H,1-4,7-10H2,(H,16,17). The van der Waals surface area contributed by atoms with Crippen LogP contribution in [0.4, 0.5) is 5.82 Å². The van der Waals surface area contributed by atoms with Gasteiger partial charge in [0.05, 0.1) is 0 Å². The maximum Gasteiger partial charge on any atom is 0.182 e. The Labute approximate surface area is 108 Å². The highest BCUT2D eigenvalue weighted by Gasteiger charge is 2.09. The van der Waals surface area contributed by atoms with Crippen LogP contribution in [0.3, 0.4) is 0 Å².